The van der Waals surface area contributed by atoms with Crippen LogP contribution in [-0.2, 0) is 14.3 Å². The third-order valence-corrected chi connectivity index (χ3v) is 2.86. The summed E-state index contributed by atoms with van der Waals surface area (Å²) in [6.07, 6.45) is 2.99. The van der Waals surface area contributed by atoms with Gasteiger partial charge in [-0.05, 0) is 6.92 Å². The van der Waals surface area contributed by atoms with Gasteiger partial charge in [0.2, 0.25) is 0 Å². The van der Waals surface area contributed by atoms with Crippen LogP contribution in [0.1, 0.15) is 18.6 Å². The van der Waals surface area contributed by atoms with Gasteiger partial charge in [0.25, 0.3) is 10.1 Å². The van der Waals surface area contributed by atoms with Gasteiger partial charge in [-0.2, -0.15) is 8.42 Å². The zero-order valence-corrected chi connectivity index (χ0v) is 10.4. The van der Waals surface area contributed by atoms with Crippen molar-refractivity contribution in [2.24, 2.45) is 0 Å². The Balaban J connectivity index is 3.06. The quantitative estimate of drug-likeness (QED) is 0.791. The summed E-state index contributed by atoms with van der Waals surface area (Å²) in [6.45, 7) is 1.55. The minimum absolute atomic E-state index is 0.277. The molecule has 0 saturated heterocycles. The highest BCUT2D eigenvalue weighted by molar-refractivity contribution is 7.86. The van der Waals surface area contributed by atoms with E-state index >= 15 is 0 Å². The molecular weight excluding hydrogens is 261 g/mol. The van der Waals surface area contributed by atoms with E-state index in [1.165, 1.54) is 12.4 Å². The van der Waals surface area contributed by atoms with Crippen LogP contribution in [0.3, 0.4) is 0 Å². The van der Waals surface area contributed by atoms with Crippen molar-refractivity contribution in [1.82, 2.24) is 4.98 Å². The Morgan fingerprint density at radius 1 is 1.33 bits per heavy atom. The first-order chi connectivity index (χ1) is 6.81. The van der Waals surface area contributed by atoms with E-state index in [1.54, 1.807) is 6.92 Å². The number of hydrogen-bond donors (Lipinski definition) is 0. The lowest BCUT2D eigenvalue weighted by molar-refractivity contribution is 0.237. The summed E-state index contributed by atoms with van der Waals surface area (Å²) in [4.78, 5) is 3.75. The van der Waals surface area contributed by atoms with Gasteiger partial charge in [-0.25, -0.2) is 0 Å². The van der Waals surface area contributed by atoms with E-state index in [9.17, 15) is 8.42 Å². The van der Waals surface area contributed by atoms with Gasteiger partial charge in [0.15, 0.2) is 0 Å². The molecule has 7 heteroatoms. The van der Waals surface area contributed by atoms with Gasteiger partial charge in [0.1, 0.15) is 6.10 Å². The predicted octanol–water partition coefficient (Wildman–Crippen LogP) is 2.43. The number of nitrogens with zero attached hydrogens (tertiary/aromatic N) is 1. The van der Waals surface area contributed by atoms with Crippen molar-refractivity contribution in [1.29, 1.82) is 0 Å². The molecule has 0 radical (unpaired) electrons. The van der Waals surface area contributed by atoms with Crippen molar-refractivity contribution in [3.05, 3.63) is 28.0 Å². The minimum atomic E-state index is -3.54. The molecule has 0 aliphatic carbocycles. The molecule has 0 fully saturated rings. The summed E-state index contributed by atoms with van der Waals surface area (Å²) in [6, 6.07) is 0. The molecule has 0 saturated carbocycles. The van der Waals surface area contributed by atoms with E-state index in [2.05, 4.69) is 4.98 Å². The SMILES string of the molecule is CC(OS(C)(=O)=O)c1c(Cl)cncc1Cl. The standard InChI is InChI=1S/C8H9Cl2NO3S/c1-5(14-15(2,12)13)8-6(9)3-11-4-7(8)10/h3-5H,1-2H3. The average Bonchev–Trinajstić information content (AvgIpc) is 1.99. The van der Waals surface area contributed by atoms with Crippen LogP contribution in [0.4, 0.5) is 0 Å². The van der Waals surface area contributed by atoms with Crippen LogP contribution >= 0.6 is 23.2 Å². The molecule has 1 aromatic heterocycles. The smallest absolute Gasteiger partial charge is 0.262 e. The number of halogens is 2. The first kappa shape index (κ1) is 12.7. The van der Waals surface area contributed by atoms with Crippen LogP contribution in [0, 0.1) is 0 Å². The molecule has 0 aromatic carbocycles. The van der Waals surface area contributed by atoms with Gasteiger partial charge in [-0.3, -0.25) is 9.17 Å². The Kier molecular flexibility index (Phi) is 3.94. The highest BCUT2D eigenvalue weighted by atomic mass is 35.5. The molecule has 1 aromatic rings. The first-order valence-corrected chi connectivity index (χ1v) is 6.55. The third-order valence-electron chi connectivity index (χ3n) is 1.62. The van der Waals surface area contributed by atoms with E-state index in [4.69, 9.17) is 27.4 Å². The number of rotatable bonds is 3. The Labute approximate surface area is 98.3 Å². The summed E-state index contributed by atoms with van der Waals surface area (Å²) in [5.41, 5.74) is 0.416. The Morgan fingerprint density at radius 3 is 2.20 bits per heavy atom. The van der Waals surface area contributed by atoms with Crippen LogP contribution in [0.15, 0.2) is 12.4 Å². The fraction of sp³-hybridized carbons (Fsp3) is 0.375. The molecule has 0 bridgehead atoms. The first-order valence-electron chi connectivity index (χ1n) is 3.98. The second kappa shape index (κ2) is 4.65. The zero-order valence-electron chi connectivity index (χ0n) is 8.07. The normalized spacial score (nSPS) is 13.9. The van der Waals surface area contributed by atoms with Crippen LogP contribution in [-0.4, -0.2) is 19.7 Å². The van der Waals surface area contributed by atoms with Crippen LogP contribution in [0.2, 0.25) is 10.0 Å². The van der Waals surface area contributed by atoms with E-state index in [-0.39, 0.29) is 10.0 Å². The molecule has 1 rings (SSSR count). The predicted molar refractivity (Wildman–Crippen MR) is 58.6 cm³/mol. The van der Waals surface area contributed by atoms with Gasteiger partial charge < -0.3 is 0 Å². The van der Waals surface area contributed by atoms with E-state index in [0.29, 0.717) is 5.56 Å². The summed E-state index contributed by atoms with van der Waals surface area (Å²) in [5, 5.41) is 0.553. The summed E-state index contributed by atoms with van der Waals surface area (Å²) in [5.74, 6) is 0. The lowest BCUT2D eigenvalue weighted by Gasteiger charge is -2.13. The topological polar surface area (TPSA) is 56.3 Å². The lowest BCUT2D eigenvalue weighted by atomic mass is 10.2. The monoisotopic (exact) mass is 269 g/mol. The Morgan fingerprint density at radius 2 is 1.80 bits per heavy atom. The van der Waals surface area contributed by atoms with Crippen LogP contribution < -0.4 is 0 Å². The molecule has 0 aliphatic heterocycles. The van der Waals surface area contributed by atoms with Gasteiger partial charge in [-0.15, -0.1) is 0 Å². The molecule has 84 valence electrons. The van der Waals surface area contributed by atoms with Gasteiger partial charge in [0, 0.05) is 18.0 Å². The molecule has 0 aliphatic rings. The van der Waals surface area contributed by atoms with Crippen molar-refractivity contribution in [3.8, 4) is 0 Å². The molecule has 0 spiro atoms. The van der Waals surface area contributed by atoms with Gasteiger partial charge in [0.05, 0.1) is 16.3 Å². The molecule has 0 N–H and O–H groups in total. The Bertz CT molecular complexity index is 441. The number of hydrogen-bond acceptors (Lipinski definition) is 4. The summed E-state index contributed by atoms with van der Waals surface area (Å²) < 4.78 is 26.6. The van der Waals surface area contributed by atoms with Crippen molar-refractivity contribution >= 4 is 33.3 Å². The fourth-order valence-corrected chi connectivity index (χ4v) is 2.41. The molecule has 15 heavy (non-hydrogen) atoms. The number of pyridine rings is 1. The molecule has 1 unspecified atom stereocenters. The molecule has 1 heterocycles. The zero-order chi connectivity index (χ0) is 11.6. The third kappa shape index (κ3) is 3.61. The van der Waals surface area contributed by atoms with Crippen LogP contribution in [0.25, 0.3) is 0 Å². The summed E-state index contributed by atoms with van der Waals surface area (Å²) >= 11 is 11.7. The van der Waals surface area contributed by atoms with Gasteiger partial charge in [-0.1, -0.05) is 23.2 Å². The lowest BCUT2D eigenvalue weighted by Crippen LogP contribution is -2.08. The highest BCUT2D eigenvalue weighted by Gasteiger charge is 2.18. The molecule has 1 atom stereocenters. The maximum atomic E-state index is 10.9. The van der Waals surface area contributed by atoms with E-state index in [0.717, 1.165) is 6.26 Å². The minimum Gasteiger partial charge on any atom is -0.262 e. The summed E-state index contributed by atoms with van der Waals surface area (Å²) in [7, 11) is -3.54. The molecular formula is C8H9Cl2NO3S. The fourth-order valence-electron chi connectivity index (χ4n) is 1.12. The second-order valence-corrected chi connectivity index (χ2v) is 5.37. The molecule has 4 nitrogen and oxygen atoms in total. The van der Waals surface area contributed by atoms with Crippen molar-refractivity contribution in [2.75, 3.05) is 6.26 Å². The average molecular weight is 270 g/mol. The number of aromatic nitrogens is 1. The largest absolute Gasteiger partial charge is 0.264 e. The van der Waals surface area contributed by atoms with Crippen molar-refractivity contribution < 1.29 is 12.6 Å². The van der Waals surface area contributed by atoms with Crippen molar-refractivity contribution in [2.45, 2.75) is 13.0 Å². The van der Waals surface area contributed by atoms with E-state index in [1.807, 2.05) is 0 Å². The molecule has 0 amide bonds. The maximum Gasteiger partial charge on any atom is 0.264 e. The Hall–Kier alpha value is -0.360. The maximum absolute atomic E-state index is 10.9. The van der Waals surface area contributed by atoms with Crippen LogP contribution in [0.5, 0.6) is 0 Å². The highest BCUT2D eigenvalue weighted by Crippen LogP contribution is 2.31. The second-order valence-electron chi connectivity index (χ2n) is 2.96. The van der Waals surface area contributed by atoms with E-state index < -0.39 is 16.2 Å². The van der Waals surface area contributed by atoms with Gasteiger partial charge >= 0.3 is 0 Å². The van der Waals surface area contributed by atoms with Crippen molar-refractivity contribution in [3.63, 3.8) is 0 Å².